The SMILES string of the molecule is CCC(C)NC(=O)CN1C(=O)CSC(c2cccc(C)c2)c2c(C(C)(C)C)nn(-c3cccc(F)c3)c21. The molecule has 1 aliphatic heterocycles. The van der Waals surface area contributed by atoms with E-state index in [1.165, 1.54) is 28.8 Å². The van der Waals surface area contributed by atoms with Crippen molar-refractivity contribution in [2.75, 3.05) is 17.2 Å². The average molecular weight is 523 g/mol. The largest absolute Gasteiger partial charge is 0.352 e. The van der Waals surface area contributed by atoms with E-state index in [4.69, 9.17) is 5.10 Å². The van der Waals surface area contributed by atoms with Crippen LogP contribution in [0.2, 0.25) is 0 Å². The van der Waals surface area contributed by atoms with Gasteiger partial charge in [-0.15, -0.1) is 11.8 Å². The van der Waals surface area contributed by atoms with Crippen molar-refractivity contribution in [1.29, 1.82) is 0 Å². The van der Waals surface area contributed by atoms with Crippen molar-refractivity contribution in [3.8, 4) is 5.69 Å². The van der Waals surface area contributed by atoms with Crippen molar-refractivity contribution in [2.45, 2.75) is 64.7 Å². The third-order valence-corrected chi connectivity index (χ3v) is 7.77. The van der Waals surface area contributed by atoms with Crippen LogP contribution >= 0.6 is 11.8 Å². The van der Waals surface area contributed by atoms with E-state index in [1.54, 1.807) is 16.8 Å². The Balaban J connectivity index is 1.99. The summed E-state index contributed by atoms with van der Waals surface area (Å²) in [6, 6.07) is 14.4. The van der Waals surface area contributed by atoms with Gasteiger partial charge in [-0.05, 0) is 44.0 Å². The number of aromatic nitrogens is 2. The molecule has 1 N–H and O–H groups in total. The Morgan fingerprint density at radius 2 is 1.95 bits per heavy atom. The van der Waals surface area contributed by atoms with Crippen molar-refractivity contribution in [2.24, 2.45) is 0 Å². The summed E-state index contributed by atoms with van der Waals surface area (Å²) in [5.74, 6) is -0.0897. The monoisotopic (exact) mass is 522 g/mol. The lowest BCUT2D eigenvalue weighted by Gasteiger charge is -2.25. The Morgan fingerprint density at radius 1 is 1.22 bits per heavy atom. The van der Waals surface area contributed by atoms with Gasteiger partial charge in [-0.1, -0.05) is 63.6 Å². The Morgan fingerprint density at radius 3 is 2.59 bits per heavy atom. The number of rotatable bonds is 6. The number of nitrogens with zero attached hydrogens (tertiary/aromatic N) is 3. The minimum atomic E-state index is -0.398. The van der Waals surface area contributed by atoms with Gasteiger partial charge in [0, 0.05) is 17.0 Å². The fourth-order valence-electron chi connectivity index (χ4n) is 4.52. The molecule has 2 unspecified atom stereocenters. The second kappa shape index (κ2) is 10.7. The molecule has 1 aliphatic rings. The van der Waals surface area contributed by atoms with E-state index in [0.29, 0.717) is 11.5 Å². The molecule has 0 saturated heterocycles. The molecule has 3 aromatic rings. The summed E-state index contributed by atoms with van der Waals surface area (Å²) in [4.78, 5) is 28.2. The molecule has 0 radical (unpaired) electrons. The Kier molecular flexibility index (Phi) is 7.78. The summed E-state index contributed by atoms with van der Waals surface area (Å²) in [6.45, 7) is 12.1. The highest BCUT2D eigenvalue weighted by atomic mass is 32.2. The molecule has 1 aromatic heterocycles. The molecule has 0 bridgehead atoms. The first kappa shape index (κ1) is 26.9. The van der Waals surface area contributed by atoms with Crippen molar-refractivity contribution in [3.05, 3.63) is 76.7 Å². The van der Waals surface area contributed by atoms with Crippen molar-refractivity contribution >= 4 is 29.4 Å². The van der Waals surface area contributed by atoms with E-state index in [0.717, 1.165) is 28.8 Å². The molecule has 2 heterocycles. The van der Waals surface area contributed by atoms with Crippen LogP contribution in [0.15, 0.2) is 48.5 Å². The van der Waals surface area contributed by atoms with Crippen LogP contribution in [-0.2, 0) is 15.0 Å². The third kappa shape index (κ3) is 5.74. The highest BCUT2D eigenvalue weighted by Crippen LogP contribution is 2.48. The number of benzene rings is 2. The topological polar surface area (TPSA) is 67.2 Å². The van der Waals surface area contributed by atoms with Crippen LogP contribution in [0.1, 0.15) is 68.7 Å². The molecule has 0 spiro atoms. The maximum absolute atomic E-state index is 14.4. The van der Waals surface area contributed by atoms with Gasteiger partial charge in [0.15, 0.2) is 0 Å². The molecule has 2 atom stereocenters. The number of halogens is 1. The molecule has 6 nitrogen and oxygen atoms in total. The molecule has 0 fully saturated rings. The zero-order valence-electron chi connectivity index (χ0n) is 22.3. The van der Waals surface area contributed by atoms with Gasteiger partial charge in [-0.3, -0.25) is 14.5 Å². The number of nitrogens with one attached hydrogen (secondary N) is 1. The summed E-state index contributed by atoms with van der Waals surface area (Å²) in [5.41, 5.74) is 4.01. The quantitative estimate of drug-likeness (QED) is 0.451. The summed E-state index contributed by atoms with van der Waals surface area (Å²) in [7, 11) is 0. The summed E-state index contributed by atoms with van der Waals surface area (Å²) in [6.07, 6.45) is 0.783. The molecular weight excluding hydrogens is 487 g/mol. The van der Waals surface area contributed by atoms with Gasteiger partial charge in [0.25, 0.3) is 0 Å². The molecule has 0 aliphatic carbocycles. The second-order valence-corrected chi connectivity index (χ2v) is 11.8. The number of fused-ring (bicyclic) bond motifs is 1. The minimum absolute atomic E-state index is 0.0123. The summed E-state index contributed by atoms with van der Waals surface area (Å²) < 4.78 is 16.0. The number of hydrogen-bond donors (Lipinski definition) is 1. The number of carbonyl (C=O) groups is 2. The Hall–Kier alpha value is -3.13. The van der Waals surface area contributed by atoms with Crippen molar-refractivity contribution in [1.82, 2.24) is 15.1 Å². The average Bonchev–Trinajstić information content (AvgIpc) is 3.17. The fourth-order valence-corrected chi connectivity index (χ4v) is 5.71. The molecule has 2 amide bonds. The number of amides is 2. The predicted molar refractivity (Wildman–Crippen MR) is 148 cm³/mol. The van der Waals surface area contributed by atoms with E-state index < -0.39 is 5.82 Å². The number of hydrogen-bond acceptors (Lipinski definition) is 4. The lowest BCUT2D eigenvalue weighted by Crippen LogP contribution is -2.44. The Labute approximate surface area is 222 Å². The lowest BCUT2D eigenvalue weighted by molar-refractivity contribution is -0.123. The van der Waals surface area contributed by atoms with Crippen LogP contribution in [0.25, 0.3) is 5.69 Å². The van der Waals surface area contributed by atoms with Gasteiger partial charge in [0.2, 0.25) is 11.8 Å². The van der Waals surface area contributed by atoms with Crippen LogP contribution in [0.5, 0.6) is 0 Å². The van der Waals surface area contributed by atoms with E-state index in [9.17, 15) is 14.0 Å². The highest BCUT2D eigenvalue weighted by molar-refractivity contribution is 8.00. The molecular formula is C29H35FN4O2S. The Bertz CT molecular complexity index is 1310. The molecule has 37 heavy (non-hydrogen) atoms. The molecule has 8 heteroatoms. The van der Waals surface area contributed by atoms with Crippen molar-refractivity contribution < 1.29 is 14.0 Å². The second-order valence-electron chi connectivity index (χ2n) is 10.7. The normalized spacial score (nSPS) is 16.8. The van der Waals surface area contributed by atoms with Crippen LogP contribution < -0.4 is 10.2 Å². The first-order valence-corrected chi connectivity index (χ1v) is 13.7. The predicted octanol–water partition coefficient (Wildman–Crippen LogP) is 5.70. The molecule has 0 saturated carbocycles. The number of carbonyl (C=O) groups excluding carboxylic acids is 2. The third-order valence-electron chi connectivity index (χ3n) is 6.52. The van der Waals surface area contributed by atoms with Gasteiger partial charge < -0.3 is 5.32 Å². The van der Waals surface area contributed by atoms with Crippen LogP contribution in [0.3, 0.4) is 0 Å². The minimum Gasteiger partial charge on any atom is -0.352 e. The van der Waals surface area contributed by atoms with E-state index in [2.05, 4.69) is 38.2 Å². The fraction of sp³-hybridized carbons (Fsp3) is 0.414. The summed E-state index contributed by atoms with van der Waals surface area (Å²) in [5, 5.41) is 7.79. The van der Waals surface area contributed by atoms with E-state index >= 15 is 0 Å². The number of anilines is 1. The van der Waals surface area contributed by atoms with Gasteiger partial charge in [-0.2, -0.15) is 5.10 Å². The van der Waals surface area contributed by atoms with E-state index in [-0.39, 0.29) is 40.8 Å². The molecule has 4 rings (SSSR count). The zero-order valence-corrected chi connectivity index (χ0v) is 23.2. The van der Waals surface area contributed by atoms with Crippen LogP contribution in [0, 0.1) is 12.7 Å². The smallest absolute Gasteiger partial charge is 0.240 e. The summed E-state index contributed by atoms with van der Waals surface area (Å²) >= 11 is 1.54. The van der Waals surface area contributed by atoms with E-state index in [1.807, 2.05) is 32.9 Å². The van der Waals surface area contributed by atoms with Gasteiger partial charge in [0.05, 0.1) is 22.4 Å². The first-order valence-electron chi connectivity index (χ1n) is 12.7. The van der Waals surface area contributed by atoms with Gasteiger partial charge >= 0.3 is 0 Å². The first-order chi connectivity index (χ1) is 17.5. The molecule has 196 valence electrons. The molecule has 2 aromatic carbocycles. The van der Waals surface area contributed by atoms with Crippen LogP contribution in [0.4, 0.5) is 10.2 Å². The zero-order chi connectivity index (χ0) is 26.9. The van der Waals surface area contributed by atoms with Gasteiger partial charge in [0.1, 0.15) is 18.2 Å². The lowest BCUT2D eigenvalue weighted by atomic mass is 9.87. The van der Waals surface area contributed by atoms with Crippen LogP contribution in [-0.4, -0.2) is 39.9 Å². The van der Waals surface area contributed by atoms with Crippen molar-refractivity contribution in [3.63, 3.8) is 0 Å². The highest BCUT2D eigenvalue weighted by Gasteiger charge is 2.40. The van der Waals surface area contributed by atoms with Gasteiger partial charge in [-0.25, -0.2) is 9.07 Å². The standard InChI is InChI=1S/C29H35FN4O2S/c1-7-19(3)31-23(35)16-33-24(36)17-37-26(20-11-8-10-18(2)14-20)25-27(29(4,5)6)32-34(28(25)33)22-13-9-12-21(30)15-22/h8-15,19,26H,7,16-17H2,1-6H3,(H,31,35). The maximum Gasteiger partial charge on any atom is 0.240 e. The number of aryl methyl sites for hydroxylation is 1. The number of thioether (sulfide) groups is 1. The maximum atomic E-state index is 14.4.